The molecule has 0 bridgehead atoms. The molecule has 1 atom stereocenters. The number of anilines is 1. The molecular formula is C14H21ClN2O2. The molecule has 1 amide bonds. The van der Waals surface area contributed by atoms with Crippen LogP contribution in [0.3, 0.4) is 0 Å². The summed E-state index contributed by atoms with van der Waals surface area (Å²) in [7, 11) is 1.91. The number of amides is 1. The van der Waals surface area contributed by atoms with E-state index in [-0.39, 0.29) is 24.4 Å². The van der Waals surface area contributed by atoms with Crippen LogP contribution < -0.4 is 10.6 Å². The second kappa shape index (κ2) is 8.15. The Morgan fingerprint density at radius 1 is 1.32 bits per heavy atom. The van der Waals surface area contributed by atoms with Crippen LogP contribution in [0.15, 0.2) is 24.3 Å². The van der Waals surface area contributed by atoms with Crippen molar-refractivity contribution in [3.63, 3.8) is 0 Å². The average molecular weight is 285 g/mol. The van der Waals surface area contributed by atoms with Gasteiger partial charge in [0.05, 0.1) is 0 Å². The van der Waals surface area contributed by atoms with Crippen molar-refractivity contribution in [3.05, 3.63) is 29.8 Å². The van der Waals surface area contributed by atoms with Crippen LogP contribution in [0.5, 0.6) is 0 Å². The lowest BCUT2D eigenvalue weighted by molar-refractivity contribution is -0.129. The molecule has 1 heterocycles. The molecule has 1 aliphatic heterocycles. The van der Waals surface area contributed by atoms with E-state index in [1.807, 2.05) is 31.3 Å². The summed E-state index contributed by atoms with van der Waals surface area (Å²) in [5, 5.41) is 5.99. The minimum absolute atomic E-state index is 0. The molecule has 0 radical (unpaired) electrons. The van der Waals surface area contributed by atoms with Crippen LogP contribution in [0.2, 0.25) is 0 Å². The lowest BCUT2D eigenvalue weighted by Gasteiger charge is -2.21. The van der Waals surface area contributed by atoms with Gasteiger partial charge >= 0.3 is 0 Å². The van der Waals surface area contributed by atoms with E-state index in [0.29, 0.717) is 6.61 Å². The lowest BCUT2D eigenvalue weighted by Crippen LogP contribution is -2.33. The van der Waals surface area contributed by atoms with Gasteiger partial charge in [0.15, 0.2) is 0 Å². The Hall–Kier alpha value is -1.10. The molecule has 1 unspecified atom stereocenters. The second-order valence-electron chi connectivity index (χ2n) is 4.57. The van der Waals surface area contributed by atoms with E-state index in [0.717, 1.165) is 31.5 Å². The minimum atomic E-state index is -0.282. The topological polar surface area (TPSA) is 50.4 Å². The van der Waals surface area contributed by atoms with Gasteiger partial charge in [-0.05, 0) is 44.0 Å². The van der Waals surface area contributed by atoms with Gasteiger partial charge < -0.3 is 15.4 Å². The number of ether oxygens (including phenoxy) is 1. The van der Waals surface area contributed by atoms with E-state index in [1.54, 1.807) is 0 Å². The number of halogens is 1. The first-order valence-corrected chi connectivity index (χ1v) is 6.45. The summed E-state index contributed by atoms with van der Waals surface area (Å²) in [4.78, 5) is 11.9. The van der Waals surface area contributed by atoms with Gasteiger partial charge in [0.1, 0.15) is 6.10 Å². The second-order valence-corrected chi connectivity index (χ2v) is 4.57. The summed E-state index contributed by atoms with van der Waals surface area (Å²) in [5.41, 5.74) is 2.03. The summed E-state index contributed by atoms with van der Waals surface area (Å²) in [5.74, 6) is -0.0314. The first-order chi connectivity index (χ1) is 8.79. The van der Waals surface area contributed by atoms with Crippen molar-refractivity contribution < 1.29 is 9.53 Å². The molecular weight excluding hydrogens is 264 g/mol. The van der Waals surface area contributed by atoms with Crippen LogP contribution in [0.25, 0.3) is 0 Å². The average Bonchev–Trinajstić information content (AvgIpc) is 2.42. The van der Waals surface area contributed by atoms with E-state index < -0.39 is 0 Å². The van der Waals surface area contributed by atoms with E-state index in [9.17, 15) is 4.79 Å². The zero-order valence-corrected chi connectivity index (χ0v) is 12.0. The molecule has 1 aromatic rings. The van der Waals surface area contributed by atoms with E-state index in [2.05, 4.69) is 10.6 Å². The highest BCUT2D eigenvalue weighted by Crippen LogP contribution is 2.16. The monoisotopic (exact) mass is 284 g/mol. The zero-order valence-electron chi connectivity index (χ0n) is 11.1. The van der Waals surface area contributed by atoms with Crippen molar-refractivity contribution in [3.8, 4) is 0 Å². The molecule has 1 aromatic carbocycles. The highest BCUT2D eigenvalue weighted by molar-refractivity contribution is 5.94. The Morgan fingerprint density at radius 2 is 2.05 bits per heavy atom. The van der Waals surface area contributed by atoms with Crippen LogP contribution in [0.4, 0.5) is 5.69 Å². The first-order valence-electron chi connectivity index (χ1n) is 6.45. The number of nitrogens with one attached hydrogen (secondary N) is 2. The van der Waals surface area contributed by atoms with Crippen molar-refractivity contribution in [2.24, 2.45) is 0 Å². The smallest absolute Gasteiger partial charge is 0.253 e. The van der Waals surface area contributed by atoms with Gasteiger partial charge in [0.25, 0.3) is 5.91 Å². The van der Waals surface area contributed by atoms with E-state index in [1.165, 1.54) is 5.56 Å². The number of rotatable bonds is 4. The summed E-state index contributed by atoms with van der Waals surface area (Å²) in [6, 6.07) is 7.86. The fourth-order valence-electron chi connectivity index (χ4n) is 2.08. The van der Waals surface area contributed by atoms with Crippen LogP contribution in [-0.2, 0) is 16.1 Å². The molecule has 5 heteroatoms. The fraction of sp³-hybridized carbons (Fsp3) is 0.500. The standard InChI is InChI=1S/C14H20N2O2.ClH/c1-15-10-11-5-7-12(8-6-11)16-14(17)13-4-2-3-9-18-13;/h5-8,13,15H,2-4,9-10H2,1H3,(H,16,17);1H. The summed E-state index contributed by atoms with van der Waals surface area (Å²) in [6.45, 7) is 1.53. The maximum Gasteiger partial charge on any atom is 0.253 e. The third-order valence-electron chi connectivity index (χ3n) is 3.07. The van der Waals surface area contributed by atoms with E-state index >= 15 is 0 Å². The molecule has 2 N–H and O–H groups in total. The Balaban J connectivity index is 0.00000180. The zero-order chi connectivity index (χ0) is 12.8. The highest BCUT2D eigenvalue weighted by Gasteiger charge is 2.21. The lowest BCUT2D eigenvalue weighted by atomic mass is 10.1. The highest BCUT2D eigenvalue weighted by atomic mass is 35.5. The number of carbonyl (C=O) groups is 1. The van der Waals surface area contributed by atoms with Crippen LogP contribution in [0.1, 0.15) is 24.8 Å². The molecule has 1 saturated heterocycles. The van der Waals surface area contributed by atoms with Crippen molar-refractivity contribution in [1.29, 1.82) is 0 Å². The van der Waals surface area contributed by atoms with Crippen molar-refractivity contribution >= 4 is 24.0 Å². The number of carbonyl (C=O) groups excluding carboxylic acids is 1. The third kappa shape index (κ3) is 4.82. The van der Waals surface area contributed by atoms with Crippen LogP contribution >= 0.6 is 12.4 Å². The number of hydrogen-bond donors (Lipinski definition) is 2. The summed E-state index contributed by atoms with van der Waals surface area (Å²) < 4.78 is 5.45. The van der Waals surface area contributed by atoms with Gasteiger partial charge in [-0.25, -0.2) is 0 Å². The maximum absolute atomic E-state index is 11.9. The van der Waals surface area contributed by atoms with E-state index in [4.69, 9.17) is 4.74 Å². The van der Waals surface area contributed by atoms with Gasteiger partial charge in [-0.2, -0.15) is 0 Å². The number of benzene rings is 1. The van der Waals surface area contributed by atoms with Crippen LogP contribution in [-0.4, -0.2) is 25.7 Å². The quantitative estimate of drug-likeness (QED) is 0.892. The van der Waals surface area contributed by atoms with Crippen molar-refractivity contribution in [2.45, 2.75) is 31.9 Å². The van der Waals surface area contributed by atoms with Gasteiger partial charge in [-0.1, -0.05) is 12.1 Å². The molecule has 0 saturated carbocycles. The molecule has 2 rings (SSSR count). The van der Waals surface area contributed by atoms with Gasteiger partial charge in [-0.15, -0.1) is 12.4 Å². The van der Waals surface area contributed by atoms with Crippen molar-refractivity contribution in [1.82, 2.24) is 5.32 Å². The SMILES string of the molecule is CNCc1ccc(NC(=O)C2CCCCO2)cc1.Cl. The third-order valence-corrected chi connectivity index (χ3v) is 3.07. The maximum atomic E-state index is 11.9. The predicted molar refractivity (Wildman–Crippen MR) is 78.7 cm³/mol. The summed E-state index contributed by atoms with van der Waals surface area (Å²) >= 11 is 0. The van der Waals surface area contributed by atoms with Gasteiger partial charge in [0, 0.05) is 18.8 Å². The Kier molecular flexibility index (Phi) is 6.84. The predicted octanol–water partition coefficient (Wildman–Crippen LogP) is 2.34. The Bertz CT molecular complexity index is 389. The molecule has 4 nitrogen and oxygen atoms in total. The first kappa shape index (κ1) is 16.0. The molecule has 19 heavy (non-hydrogen) atoms. The molecule has 0 aliphatic carbocycles. The van der Waals surface area contributed by atoms with Gasteiger partial charge in [-0.3, -0.25) is 4.79 Å². The molecule has 0 aromatic heterocycles. The van der Waals surface area contributed by atoms with Crippen LogP contribution in [0, 0.1) is 0 Å². The van der Waals surface area contributed by atoms with Crippen molar-refractivity contribution in [2.75, 3.05) is 19.0 Å². The number of hydrogen-bond acceptors (Lipinski definition) is 3. The molecule has 1 aliphatic rings. The molecule has 0 spiro atoms. The van der Waals surface area contributed by atoms with Gasteiger partial charge in [0.2, 0.25) is 0 Å². The Morgan fingerprint density at radius 3 is 2.63 bits per heavy atom. The Labute approximate surface area is 120 Å². The molecule has 106 valence electrons. The summed E-state index contributed by atoms with van der Waals surface area (Å²) in [6.07, 6.45) is 2.67. The minimum Gasteiger partial charge on any atom is -0.368 e. The largest absolute Gasteiger partial charge is 0.368 e. The normalized spacial score (nSPS) is 18.5. The molecule has 1 fully saturated rings. The fourth-order valence-corrected chi connectivity index (χ4v) is 2.08.